The van der Waals surface area contributed by atoms with Gasteiger partial charge in [0, 0.05) is 30.1 Å². The molecule has 4 rings (SSSR count). The van der Waals surface area contributed by atoms with E-state index >= 15 is 0 Å². The first kappa shape index (κ1) is 23.5. The summed E-state index contributed by atoms with van der Waals surface area (Å²) in [5.74, 6) is 0. The minimum atomic E-state index is -4.56. The SMILES string of the molecule is Cc1ccc(C(C)n2cc(C(F)(F)F)cc(Cc3ccc(-n4cnc(C)c4)c(C)c3)c2=O)cc1. The second kappa shape index (κ2) is 8.97. The summed E-state index contributed by atoms with van der Waals surface area (Å²) in [6, 6.07) is 13.5. The van der Waals surface area contributed by atoms with Crippen LogP contribution in [0.3, 0.4) is 0 Å². The summed E-state index contributed by atoms with van der Waals surface area (Å²) in [6.07, 6.45) is 0.0883. The summed E-state index contributed by atoms with van der Waals surface area (Å²) in [4.78, 5) is 17.5. The molecule has 0 aliphatic carbocycles. The number of halogens is 3. The molecule has 4 nitrogen and oxygen atoms in total. The highest BCUT2D eigenvalue weighted by Crippen LogP contribution is 2.31. The van der Waals surface area contributed by atoms with Crippen LogP contribution in [0.5, 0.6) is 0 Å². The van der Waals surface area contributed by atoms with Crippen LogP contribution in [0.15, 0.2) is 72.0 Å². The molecule has 2 heterocycles. The standard InChI is InChI=1S/C27H26F3N3O/c1-17-5-8-22(9-6-17)20(4)33-15-24(27(28,29)30)13-23(26(33)34)12-21-7-10-25(18(2)11-21)32-14-19(3)31-16-32/h5-11,13-16,20H,12H2,1-4H3. The van der Waals surface area contributed by atoms with E-state index in [0.29, 0.717) is 0 Å². The van der Waals surface area contributed by atoms with Crippen molar-refractivity contribution in [2.24, 2.45) is 0 Å². The Morgan fingerprint density at radius 1 is 0.971 bits per heavy atom. The fourth-order valence-electron chi connectivity index (χ4n) is 4.13. The van der Waals surface area contributed by atoms with Crippen LogP contribution in [0.25, 0.3) is 5.69 Å². The van der Waals surface area contributed by atoms with Gasteiger partial charge in [-0.1, -0.05) is 42.0 Å². The number of hydrogen-bond acceptors (Lipinski definition) is 2. The topological polar surface area (TPSA) is 39.8 Å². The molecule has 1 unspecified atom stereocenters. The van der Waals surface area contributed by atoms with E-state index in [1.807, 2.05) is 74.0 Å². The van der Waals surface area contributed by atoms with Crippen molar-refractivity contribution in [3.63, 3.8) is 0 Å². The minimum Gasteiger partial charge on any atom is -0.307 e. The Kier molecular flexibility index (Phi) is 6.21. The molecule has 1 atom stereocenters. The number of pyridine rings is 1. The first-order valence-corrected chi connectivity index (χ1v) is 11.0. The molecule has 4 aromatic rings. The van der Waals surface area contributed by atoms with Crippen LogP contribution in [0, 0.1) is 20.8 Å². The Labute approximate surface area is 196 Å². The number of rotatable bonds is 5. The zero-order chi connectivity index (χ0) is 24.6. The molecular formula is C27H26F3N3O. The van der Waals surface area contributed by atoms with Crippen LogP contribution in [0.1, 0.15) is 52.0 Å². The van der Waals surface area contributed by atoms with E-state index < -0.39 is 23.3 Å². The van der Waals surface area contributed by atoms with Gasteiger partial charge in [0.05, 0.1) is 23.6 Å². The van der Waals surface area contributed by atoms with Crippen molar-refractivity contribution in [2.45, 2.75) is 46.3 Å². The molecule has 0 bridgehead atoms. The molecule has 2 aromatic heterocycles. The molecule has 34 heavy (non-hydrogen) atoms. The number of imidazole rings is 1. The van der Waals surface area contributed by atoms with Gasteiger partial charge < -0.3 is 9.13 Å². The smallest absolute Gasteiger partial charge is 0.307 e. The van der Waals surface area contributed by atoms with Gasteiger partial charge in [-0.05, 0) is 56.5 Å². The largest absolute Gasteiger partial charge is 0.417 e. The average Bonchev–Trinajstić information content (AvgIpc) is 3.20. The number of benzene rings is 2. The number of alkyl halides is 3. The highest BCUT2D eigenvalue weighted by molar-refractivity contribution is 5.44. The predicted octanol–water partition coefficient (Wildman–Crippen LogP) is 6.18. The lowest BCUT2D eigenvalue weighted by Gasteiger charge is -2.20. The van der Waals surface area contributed by atoms with Crippen LogP contribution in [-0.2, 0) is 12.6 Å². The zero-order valence-electron chi connectivity index (χ0n) is 19.5. The van der Waals surface area contributed by atoms with Crippen molar-refractivity contribution in [3.8, 4) is 5.69 Å². The lowest BCUT2D eigenvalue weighted by molar-refractivity contribution is -0.138. The van der Waals surface area contributed by atoms with Crippen molar-refractivity contribution < 1.29 is 13.2 Å². The summed E-state index contributed by atoms with van der Waals surface area (Å²) in [7, 11) is 0. The van der Waals surface area contributed by atoms with Crippen LogP contribution in [-0.4, -0.2) is 14.1 Å². The van der Waals surface area contributed by atoms with Gasteiger partial charge in [0.15, 0.2) is 0 Å². The van der Waals surface area contributed by atoms with E-state index in [9.17, 15) is 18.0 Å². The highest BCUT2D eigenvalue weighted by Gasteiger charge is 2.32. The second-order valence-electron chi connectivity index (χ2n) is 8.77. The van der Waals surface area contributed by atoms with E-state index in [-0.39, 0.29) is 12.0 Å². The molecule has 0 amide bonds. The molecule has 2 aromatic carbocycles. The maximum absolute atomic E-state index is 13.7. The van der Waals surface area contributed by atoms with Gasteiger partial charge in [-0.2, -0.15) is 13.2 Å². The van der Waals surface area contributed by atoms with Crippen molar-refractivity contribution >= 4 is 0 Å². The third-order valence-corrected chi connectivity index (χ3v) is 6.07. The van der Waals surface area contributed by atoms with Gasteiger partial charge in [-0.25, -0.2) is 4.98 Å². The molecule has 0 fully saturated rings. The summed E-state index contributed by atoms with van der Waals surface area (Å²) in [6.45, 7) is 7.50. The number of hydrogen-bond donors (Lipinski definition) is 0. The summed E-state index contributed by atoms with van der Waals surface area (Å²) < 4.78 is 44.3. The number of nitrogens with zero attached hydrogens (tertiary/aromatic N) is 3. The molecule has 0 saturated carbocycles. The number of aromatic nitrogens is 3. The molecule has 0 aliphatic heterocycles. The summed E-state index contributed by atoms with van der Waals surface area (Å²) in [5.41, 5.74) is 4.19. The molecule has 0 spiro atoms. The molecule has 7 heteroatoms. The minimum absolute atomic E-state index is 0.105. The van der Waals surface area contributed by atoms with Gasteiger partial charge in [-0.3, -0.25) is 4.79 Å². The van der Waals surface area contributed by atoms with Crippen LogP contribution >= 0.6 is 0 Å². The van der Waals surface area contributed by atoms with Crippen molar-refractivity contribution in [2.75, 3.05) is 0 Å². The summed E-state index contributed by atoms with van der Waals surface area (Å²) in [5, 5.41) is 0. The quantitative estimate of drug-likeness (QED) is 0.353. The van der Waals surface area contributed by atoms with E-state index in [4.69, 9.17) is 0 Å². The lowest BCUT2D eigenvalue weighted by atomic mass is 10.0. The third kappa shape index (κ3) is 4.83. The molecule has 176 valence electrons. The Balaban J connectivity index is 1.74. The maximum atomic E-state index is 13.7. The van der Waals surface area contributed by atoms with Gasteiger partial charge >= 0.3 is 6.18 Å². The van der Waals surface area contributed by atoms with E-state index in [2.05, 4.69) is 4.98 Å². The lowest BCUT2D eigenvalue weighted by Crippen LogP contribution is -2.29. The monoisotopic (exact) mass is 465 g/mol. The van der Waals surface area contributed by atoms with Gasteiger partial charge in [-0.15, -0.1) is 0 Å². The fourth-order valence-corrected chi connectivity index (χ4v) is 4.13. The van der Waals surface area contributed by atoms with Crippen LogP contribution in [0.2, 0.25) is 0 Å². The van der Waals surface area contributed by atoms with Gasteiger partial charge in [0.1, 0.15) is 0 Å². The van der Waals surface area contributed by atoms with Crippen molar-refractivity contribution in [1.29, 1.82) is 0 Å². The third-order valence-electron chi connectivity index (χ3n) is 6.07. The maximum Gasteiger partial charge on any atom is 0.417 e. The average molecular weight is 466 g/mol. The Morgan fingerprint density at radius 2 is 1.68 bits per heavy atom. The first-order chi connectivity index (χ1) is 16.0. The van der Waals surface area contributed by atoms with Gasteiger partial charge in [0.25, 0.3) is 5.56 Å². The van der Waals surface area contributed by atoms with E-state index in [0.717, 1.165) is 45.9 Å². The molecule has 0 aliphatic rings. The first-order valence-electron chi connectivity index (χ1n) is 11.0. The van der Waals surface area contributed by atoms with Crippen LogP contribution in [0.4, 0.5) is 13.2 Å². The normalized spacial score (nSPS) is 12.7. The zero-order valence-corrected chi connectivity index (χ0v) is 19.5. The Bertz CT molecular complexity index is 1380. The predicted molar refractivity (Wildman–Crippen MR) is 127 cm³/mol. The van der Waals surface area contributed by atoms with E-state index in [1.54, 1.807) is 13.3 Å². The van der Waals surface area contributed by atoms with E-state index in [1.165, 1.54) is 4.57 Å². The Morgan fingerprint density at radius 3 is 2.26 bits per heavy atom. The molecule has 0 N–H and O–H groups in total. The highest BCUT2D eigenvalue weighted by atomic mass is 19.4. The second-order valence-corrected chi connectivity index (χ2v) is 8.77. The number of aryl methyl sites for hydroxylation is 3. The Hall–Kier alpha value is -3.61. The fraction of sp³-hybridized carbons (Fsp3) is 0.259. The van der Waals surface area contributed by atoms with Crippen molar-refractivity contribution in [3.05, 3.63) is 117 Å². The van der Waals surface area contributed by atoms with Crippen molar-refractivity contribution in [1.82, 2.24) is 14.1 Å². The van der Waals surface area contributed by atoms with Crippen LogP contribution < -0.4 is 5.56 Å². The molecule has 0 radical (unpaired) electrons. The molecular weight excluding hydrogens is 439 g/mol. The molecule has 0 saturated heterocycles. The van der Waals surface area contributed by atoms with Gasteiger partial charge in [0.2, 0.25) is 0 Å². The summed E-state index contributed by atoms with van der Waals surface area (Å²) >= 11 is 0.